The zero-order valence-electron chi connectivity index (χ0n) is 11.5. The Labute approximate surface area is 129 Å². The molecule has 0 fully saturated rings. The molecule has 120 valence electrons. The van der Waals surface area contributed by atoms with Gasteiger partial charge in [0.05, 0.1) is 24.3 Å². The molecule has 0 bridgehead atoms. The predicted molar refractivity (Wildman–Crippen MR) is 75.2 cm³/mol. The fourth-order valence-corrected chi connectivity index (χ4v) is 1.99. The summed E-state index contributed by atoms with van der Waals surface area (Å²) in [6.45, 7) is 2.79. The van der Waals surface area contributed by atoms with E-state index in [1.54, 1.807) is 19.2 Å². The van der Waals surface area contributed by atoms with Crippen LogP contribution in [0.3, 0.4) is 0 Å². The molecule has 0 amide bonds. The van der Waals surface area contributed by atoms with Gasteiger partial charge in [-0.25, -0.2) is 0 Å². The van der Waals surface area contributed by atoms with E-state index in [-0.39, 0.29) is 10.2 Å². The molecule has 0 aromatic heterocycles. The number of alkyl halides is 3. The quantitative estimate of drug-likeness (QED) is 0.677. The normalized spacial score (nSPS) is 11.7. The van der Waals surface area contributed by atoms with Crippen LogP contribution in [-0.4, -0.2) is 39.8 Å². The van der Waals surface area contributed by atoms with Crippen molar-refractivity contribution in [1.29, 1.82) is 0 Å². The Bertz CT molecular complexity index is 430. The third-order valence-corrected chi connectivity index (χ3v) is 3.03. The summed E-state index contributed by atoms with van der Waals surface area (Å²) >= 11 is 3.06. The maximum absolute atomic E-state index is 12.1. The van der Waals surface area contributed by atoms with Gasteiger partial charge < -0.3 is 19.5 Å². The lowest BCUT2D eigenvalue weighted by Gasteiger charge is -2.12. The highest BCUT2D eigenvalue weighted by molar-refractivity contribution is 9.10. The van der Waals surface area contributed by atoms with Gasteiger partial charge in [0.25, 0.3) is 0 Å². The summed E-state index contributed by atoms with van der Waals surface area (Å²) in [5.74, 6) is -0.255. The molecule has 1 N–H and O–H groups in total. The first-order chi connectivity index (χ1) is 9.92. The molecule has 0 spiro atoms. The van der Waals surface area contributed by atoms with Gasteiger partial charge in [0, 0.05) is 20.2 Å². The number of benzene rings is 1. The van der Waals surface area contributed by atoms with Gasteiger partial charge in [-0.3, -0.25) is 0 Å². The largest absolute Gasteiger partial charge is 0.573 e. The SMILES string of the molecule is COCCOCCNCc1ccc(OC(F)(F)F)c(Br)c1. The van der Waals surface area contributed by atoms with E-state index in [2.05, 4.69) is 26.0 Å². The van der Waals surface area contributed by atoms with Gasteiger partial charge in [0.15, 0.2) is 0 Å². The summed E-state index contributed by atoms with van der Waals surface area (Å²) in [4.78, 5) is 0. The van der Waals surface area contributed by atoms with Crippen LogP contribution < -0.4 is 10.1 Å². The van der Waals surface area contributed by atoms with Crippen LogP contribution in [0.25, 0.3) is 0 Å². The molecule has 0 saturated carbocycles. The van der Waals surface area contributed by atoms with Crippen LogP contribution >= 0.6 is 15.9 Å². The van der Waals surface area contributed by atoms with Crippen molar-refractivity contribution in [2.24, 2.45) is 0 Å². The molecule has 4 nitrogen and oxygen atoms in total. The zero-order chi connectivity index (χ0) is 15.7. The van der Waals surface area contributed by atoms with Crippen molar-refractivity contribution >= 4 is 15.9 Å². The van der Waals surface area contributed by atoms with Gasteiger partial charge >= 0.3 is 6.36 Å². The highest BCUT2D eigenvalue weighted by Gasteiger charge is 2.31. The molecule has 0 heterocycles. The molecular formula is C13H17BrF3NO3. The number of halogens is 4. The van der Waals surface area contributed by atoms with E-state index in [4.69, 9.17) is 9.47 Å². The third-order valence-electron chi connectivity index (χ3n) is 2.41. The maximum Gasteiger partial charge on any atom is 0.573 e. The van der Waals surface area contributed by atoms with Crippen molar-refractivity contribution in [3.05, 3.63) is 28.2 Å². The summed E-state index contributed by atoms with van der Waals surface area (Å²) in [5, 5.41) is 3.12. The van der Waals surface area contributed by atoms with Gasteiger partial charge in [-0.1, -0.05) is 6.07 Å². The zero-order valence-corrected chi connectivity index (χ0v) is 13.1. The molecule has 8 heteroatoms. The van der Waals surface area contributed by atoms with Crippen molar-refractivity contribution in [3.8, 4) is 5.75 Å². The number of rotatable bonds is 9. The Morgan fingerprint density at radius 2 is 1.95 bits per heavy atom. The Kier molecular flexibility index (Phi) is 8.02. The average molecular weight is 372 g/mol. The number of hydrogen-bond acceptors (Lipinski definition) is 4. The molecule has 1 rings (SSSR count). The van der Waals surface area contributed by atoms with Crippen molar-refractivity contribution in [3.63, 3.8) is 0 Å². The summed E-state index contributed by atoms with van der Waals surface area (Å²) in [7, 11) is 1.60. The van der Waals surface area contributed by atoms with Crippen molar-refractivity contribution in [2.45, 2.75) is 12.9 Å². The van der Waals surface area contributed by atoms with E-state index in [1.807, 2.05) is 0 Å². The van der Waals surface area contributed by atoms with E-state index in [0.29, 0.717) is 32.9 Å². The van der Waals surface area contributed by atoms with Gasteiger partial charge in [0.2, 0.25) is 0 Å². The highest BCUT2D eigenvalue weighted by Crippen LogP contribution is 2.30. The molecule has 21 heavy (non-hydrogen) atoms. The number of ether oxygens (including phenoxy) is 3. The summed E-state index contributed by atoms with van der Waals surface area (Å²) in [5.41, 5.74) is 0.841. The Hall–Kier alpha value is -0.830. The van der Waals surface area contributed by atoms with Gasteiger partial charge in [-0.05, 0) is 33.6 Å². The summed E-state index contributed by atoms with van der Waals surface area (Å²) < 4.78 is 50.6. The minimum Gasteiger partial charge on any atom is -0.405 e. The minimum absolute atomic E-state index is 0.255. The molecule has 0 aliphatic carbocycles. The Morgan fingerprint density at radius 3 is 2.57 bits per heavy atom. The third kappa shape index (κ3) is 8.25. The molecule has 0 saturated heterocycles. The van der Waals surface area contributed by atoms with E-state index in [1.165, 1.54) is 6.07 Å². The monoisotopic (exact) mass is 371 g/mol. The second kappa shape index (κ2) is 9.24. The number of methoxy groups -OCH3 is 1. The van der Waals surface area contributed by atoms with Crippen LogP contribution in [0.15, 0.2) is 22.7 Å². The lowest BCUT2D eigenvalue weighted by molar-refractivity contribution is -0.274. The predicted octanol–water partition coefficient (Wildman–Crippen LogP) is 3.10. The molecule has 0 aliphatic heterocycles. The second-order valence-electron chi connectivity index (χ2n) is 4.09. The van der Waals surface area contributed by atoms with Crippen molar-refractivity contribution in [1.82, 2.24) is 5.32 Å². The van der Waals surface area contributed by atoms with Crippen LogP contribution in [0.5, 0.6) is 5.75 Å². The van der Waals surface area contributed by atoms with Crippen LogP contribution in [0.4, 0.5) is 13.2 Å². The van der Waals surface area contributed by atoms with Gasteiger partial charge in [0.1, 0.15) is 5.75 Å². The molecule has 1 aromatic carbocycles. The summed E-state index contributed by atoms with van der Waals surface area (Å²) in [6.07, 6.45) is -4.69. The fraction of sp³-hybridized carbons (Fsp3) is 0.538. The van der Waals surface area contributed by atoms with Crippen LogP contribution in [0, 0.1) is 0 Å². The van der Waals surface area contributed by atoms with E-state index in [0.717, 1.165) is 5.56 Å². The maximum atomic E-state index is 12.1. The molecular weight excluding hydrogens is 355 g/mol. The van der Waals surface area contributed by atoms with E-state index >= 15 is 0 Å². The molecule has 0 radical (unpaired) electrons. The number of nitrogens with one attached hydrogen (secondary N) is 1. The van der Waals surface area contributed by atoms with E-state index in [9.17, 15) is 13.2 Å². The molecule has 0 aliphatic rings. The minimum atomic E-state index is -4.69. The van der Waals surface area contributed by atoms with Crippen molar-refractivity contribution < 1.29 is 27.4 Å². The molecule has 0 unspecified atom stereocenters. The number of hydrogen-bond donors (Lipinski definition) is 1. The lowest BCUT2D eigenvalue weighted by atomic mass is 10.2. The summed E-state index contributed by atoms with van der Waals surface area (Å²) in [6, 6.07) is 4.44. The fourth-order valence-electron chi connectivity index (χ4n) is 1.48. The molecule has 1 aromatic rings. The first-order valence-corrected chi connectivity index (χ1v) is 7.03. The molecule has 0 atom stereocenters. The van der Waals surface area contributed by atoms with Gasteiger partial charge in [-0.15, -0.1) is 13.2 Å². The Morgan fingerprint density at radius 1 is 1.19 bits per heavy atom. The lowest BCUT2D eigenvalue weighted by Crippen LogP contribution is -2.20. The Balaban J connectivity index is 2.32. The highest BCUT2D eigenvalue weighted by atomic mass is 79.9. The van der Waals surface area contributed by atoms with Crippen molar-refractivity contribution in [2.75, 3.05) is 33.5 Å². The van der Waals surface area contributed by atoms with Gasteiger partial charge in [-0.2, -0.15) is 0 Å². The average Bonchev–Trinajstić information content (AvgIpc) is 2.39. The smallest absolute Gasteiger partial charge is 0.405 e. The van der Waals surface area contributed by atoms with E-state index < -0.39 is 6.36 Å². The standard InChI is InChI=1S/C13H17BrF3NO3/c1-19-6-7-20-5-4-18-9-10-2-3-12(11(14)8-10)21-13(15,16)17/h2-3,8,18H,4-7,9H2,1H3. The van der Waals surface area contributed by atoms with Crippen LogP contribution in [0.1, 0.15) is 5.56 Å². The first kappa shape index (κ1) is 18.2. The first-order valence-electron chi connectivity index (χ1n) is 6.24. The second-order valence-corrected chi connectivity index (χ2v) is 4.95. The van der Waals surface area contributed by atoms with Crippen LogP contribution in [-0.2, 0) is 16.0 Å². The topological polar surface area (TPSA) is 39.7 Å². The van der Waals surface area contributed by atoms with Crippen LogP contribution in [0.2, 0.25) is 0 Å².